The van der Waals surface area contributed by atoms with Gasteiger partial charge in [0.25, 0.3) is 5.91 Å². The highest BCUT2D eigenvalue weighted by Crippen LogP contribution is 2.29. The molecule has 21 heavy (non-hydrogen) atoms. The first kappa shape index (κ1) is 13.2. The molecule has 1 aromatic carbocycles. The van der Waals surface area contributed by atoms with E-state index in [9.17, 15) is 14.4 Å². The summed E-state index contributed by atoms with van der Waals surface area (Å²) >= 11 is 0. The number of aromatic nitrogens is 1. The van der Waals surface area contributed by atoms with Crippen LogP contribution in [0.3, 0.4) is 0 Å². The number of para-hydroxylation sites is 1. The van der Waals surface area contributed by atoms with Gasteiger partial charge >= 0.3 is 12.0 Å². The molecule has 1 aliphatic rings. The van der Waals surface area contributed by atoms with Crippen molar-refractivity contribution in [3.63, 3.8) is 0 Å². The van der Waals surface area contributed by atoms with Gasteiger partial charge in [-0.1, -0.05) is 18.2 Å². The van der Waals surface area contributed by atoms with E-state index < -0.39 is 30.5 Å². The van der Waals surface area contributed by atoms with Crippen LogP contribution in [-0.2, 0) is 16.6 Å². The largest absolute Gasteiger partial charge is 0.480 e. The number of nitrogens with one attached hydrogen (secondary N) is 1. The number of fused-ring (bicyclic) bond motifs is 1. The Bertz CT molecular complexity index is 765. The summed E-state index contributed by atoms with van der Waals surface area (Å²) in [7, 11) is 1.85. The molecule has 3 amide bonds. The highest BCUT2D eigenvalue weighted by molar-refractivity contribution is 6.08. The number of hydrogen-bond donors (Lipinski definition) is 2. The van der Waals surface area contributed by atoms with Crippen LogP contribution >= 0.6 is 0 Å². The summed E-state index contributed by atoms with van der Waals surface area (Å²) in [5.41, 5.74) is 1.60. The summed E-state index contributed by atoms with van der Waals surface area (Å²) in [5, 5.41) is 12.2. The number of imide groups is 1. The second-order valence-corrected chi connectivity index (χ2v) is 4.91. The first-order valence-electron chi connectivity index (χ1n) is 6.36. The Morgan fingerprint density at radius 1 is 1.33 bits per heavy atom. The molecule has 1 saturated heterocycles. The van der Waals surface area contributed by atoms with Crippen LogP contribution in [0.4, 0.5) is 4.79 Å². The van der Waals surface area contributed by atoms with Crippen molar-refractivity contribution < 1.29 is 19.5 Å². The number of amides is 3. The topological polar surface area (TPSA) is 91.6 Å². The van der Waals surface area contributed by atoms with Crippen LogP contribution in [0, 0.1) is 0 Å². The SMILES string of the molecule is Cn1cc(C2NC(=O)N(CC(=O)O)C2=O)c2ccccc21. The molecule has 2 heterocycles. The second-order valence-electron chi connectivity index (χ2n) is 4.91. The zero-order valence-corrected chi connectivity index (χ0v) is 11.2. The molecule has 1 aliphatic heterocycles. The minimum atomic E-state index is -1.22. The number of aliphatic carboxylic acids is 1. The summed E-state index contributed by atoms with van der Waals surface area (Å²) in [6.45, 7) is -0.633. The third kappa shape index (κ3) is 2.03. The standard InChI is InChI=1S/C14H13N3O4/c1-16-6-9(8-4-2-3-5-10(8)16)12-13(20)17(7-11(18)19)14(21)15-12/h2-6,12H,7H2,1H3,(H,15,21)(H,18,19). The van der Waals surface area contributed by atoms with Crippen molar-refractivity contribution in [2.45, 2.75) is 6.04 Å². The van der Waals surface area contributed by atoms with Crippen molar-refractivity contribution in [3.05, 3.63) is 36.0 Å². The Labute approximate surface area is 119 Å². The fraction of sp³-hybridized carbons (Fsp3) is 0.214. The number of aryl methyl sites for hydroxylation is 1. The van der Waals surface area contributed by atoms with E-state index >= 15 is 0 Å². The van der Waals surface area contributed by atoms with Crippen molar-refractivity contribution in [2.24, 2.45) is 7.05 Å². The second kappa shape index (κ2) is 4.62. The molecule has 1 fully saturated rings. The molecule has 2 N–H and O–H groups in total. The van der Waals surface area contributed by atoms with Crippen molar-refractivity contribution in [1.82, 2.24) is 14.8 Å². The molecule has 7 heteroatoms. The average molecular weight is 287 g/mol. The van der Waals surface area contributed by atoms with Crippen molar-refractivity contribution in [1.29, 1.82) is 0 Å². The molecule has 108 valence electrons. The predicted octanol–water partition coefficient (Wildman–Crippen LogP) is 0.856. The molecule has 1 aromatic heterocycles. The summed E-state index contributed by atoms with van der Waals surface area (Å²) in [6, 6.07) is 5.99. The van der Waals surface area contributed by atoms with E-state index in [2.05, 4.69) is 5.32 Å². The molecule has 1 atom stereocenters. The van der Waals surface area contributed by atoms with Crippen LogP contribution < -0.4 is 5.32 Å². The van der Waals surface area contributed by atoms with Crippen LogP contribution in [0.15, 0.2) is 30.5 Å². The van der Waals surface area contributed by atoms with Gasteiger partial charge in [-0.2, -0.15) is 0 Å². The molecular formula is C14H13N3O4. The molecule has 3 rings (SSSR count). The number of urea groups is 1. The first-order chi connectivity index (χ1) is 9.99. The van der Waals surface area contributed by atoms with E-state index in [-0.39, 0.29) is 0 Å². The molecular weight excluding hydrogens is 274 g/mol. The third-order valence-corrected chi connectivity index (χ3v) is 3.56. The maximum atomic E-state index is 12.3. The molecule has 0 spiro atoms. The van der Waals surface area contributed by atoms with Gasteiger partial charge in [0.2, 0.25) is 0 Å². The van der Waals surface area contributed by atoms with Gasteiger partial charge in [-0.15, -0.1) is 0 Å². The lowest BCUT2D eigenvalue weighted by atomic mass is 10.1. The minimum absolute atomic E-state index is 0.543. The number of carboxylic acid groups (broad SMARTS) is 1. The number of carboxylic acids is 1. The summed E-state index contributed by atoms with van der Waals surface area (Å²) < 4.78 is 1.87. The molecule has 0 saturated carbocycles. The summed E-state index contributed by atoms with van der Waals surface area (Å²) in [5.74, 6) is -1.77. The smallest absolute Gasteiger partial charge is 0.325 e. The molecule has 0 aliphatic carbocycles. The number of carbonyl (C=O) groups is 3. The quantitative estimate of drug-likeness (QED) is 0.819. The lowest BCUT2D eigenvalue weighted by Crippen LogP contribution is -2.35. The zero-order chi connectivity index (χ0) is 15.1. The third-order valence-electron chi connectivity index (χ3n) is 3.56. The number of rotatable bonds is 3. The lowest BCUT2D eigenvalue weighted by Gasteiger charge is -2.09. The lowest BCUT2D eigenvalue weighted by molar-refractivity contribution is -0.141. The molecule has 2 aromatic rings. The Morgan fingerprint density at radius 2 is 2.05 bits per heavy atom. The van der Waals surface area contributed by atoms with Gasteiger partial charge in [-0.05, 0) is 6.07 Å². The Hall–Kier alpha value is -2.83. The van der Waals surface area contributed by atoms with E-state index in [0.29, 0.717) is 5.56 Å². The Kier molecular flexibility index (Phi) is 2.90. The Morgan fingerprint density at radius 3 is 2.76 bits per heavy atom. The van der Waals surface area contributed by atoms with Gasteiger partial charge in [0.05, 0.1) is 0 Å². The van der Waals surface area contributed by atoms with Crippen LogP contribution in [-0.4, -0.2) is 39.0 Å². The van der Waals surface area contributed by atoms with Gasteiger partial charge < -0.3 is 15.0 Å². The predicted molar refractivity (Wildman–Crippen MR) is 73.5 cm³/mol. The minimum Gasteiger partial charge on any atom is -0.480 e. The van der Waals surface area contributed by atoms with Crippen LogP contribution in [0.2, 0.25) is 0 Å². The van der Waals surface area contributed by atoms with Crippen LogP contribution in [0.25, 0.3) is 10.9 Å². The van der Waals surface area contributed by atoms with Gasteiger partial charge in [-0.3, -0.25) is 14.5 Å². The van der Waals surface area contributed by atoms with Crippen molar-refractivity contribution in [3.8, 4) is 0 Å². The fourth-order valence-electron chi connectivity index (χ4n) is 2.62. The van der Waals surface area contributed by atoms with Crippen LogP contribution in [0.1, 0.15) is 11.6 Å². The van der Waals surface area contributed by atoms with Gasteiger partial charge in [0.15, 0.2) is 0 Å². The van der Waals surface area contributed by atoms with E-state index in [1.165, 1.54) is 0 Å². The van der Waals surface area contributed by atoms with Gasteiger partial charge in [-0.25, -0.2) is 4.79 Å². The molecule has 1 unspecified atom stereocenters. The van der Waals surface area contributed by atoms with Crippen molar-refractivity contribution in [2.75, 3.05) is 6.54 Å². The number of hydrogen-bond acceptors (Lipinski definition) is 3. The van der Waals surface area contributed by atoms with Crippen LogP contribution in [0.5, 0.6) is 0 Å². The summed E-state index contributed by atoms with van der Waals surface area (Å²) in [4.78, 5) is 35.5. The molecule has 0 bridgehead atoms. The molecule has 0 radical (unpaired) electrons. The van der Waals surface area contributed by atoms with E-state index in [0.717, 1.165) is 15.8 Å². The number of carbonyl (C=O) groups excluding carboxylic acids is 2. The van der Waals surface area contributed by atoms with Gasteiger partial charge in [0.1, 0.15) is 12.6 Å². The number of benzene rings is 1. The highest BCUT2D eigenvalue weighted by Gasteiger charge is 2.41. The number of nitrogens with zero attached hydrogens (tertiary/aromatic N) is 2. The average Bonchev–Trinajstić information content (AvgIpc) is 2.91. The maximum absolute atomic E-state index is 12.3. The molecule has 7 nitrogen and oxygen atoms in total. The normalized spacial score (nSPS) is 18.3. The van der Waals surface area contributed by atoms with E-state index in [4.69, 9.17) is 5.11 Å². The van der Waals surface area contributed by atoms with E-state index in [1.54, 1.807) is 6.20 Å². The highest BCUT2D eigenvalue weighted by atomic mass is 16.4. The monoisotopic (exact) mass is 287 g/mol. The first-order valence-corrected chi connectivity index (χ1v) is 6.36. The maximum Gasteiger partial charge on any atom is 0.325 e. The Balaban J connectivity index is 2.02. The fourth-order valence-corrected chi connectivity index (χ4v) is 2.62. The van der Waals surface area contributed by atoms with Gasteiger partial charge in [0, 0.05) is 29.7 Å². The summed E-state index contributed by atoms with van der Waals surface area (Å²) in [6.07, 6.45) is 1.78. The van der Waals surface area contributed by atoms with E-state index in [1.807, 2.05) is 35.9 Å². The zero-order valence-electron chi connectivity index (χ0n) is 11.2. The van der Waals surface area contributed by atoms with Crippen molar-refractivity contribution >= 4 is 28.8 Å².